The fourth-order valence-electron chi connectivity index (χ4n) is 1.95. The van der Waals surface area contributed by atoms with E-state index in [1.165, 1.54) is 25.3 Å². The van der Waals surface area contributed by atoms with Crippen molar-refractivity contribution in [3.05, 3.63) is 52.3 Å². The first-order valence-corrected chi connectivity index (χ1v) is 6.70. The number of hydrogen-bond acceptors (Lipinski definition) is 5. The lowest BCUT2D eigenvalue weighted by molar-refractivity contribution is -0.385. The molecule has 0 bridgehead atoms. The summed E-state index contributed by atoms with van der Waals surface area (Å²) in [7, 11) is 1.34. The van der Waals surface area contributed by atoms with Crippen LogP contribution >= 0.6 is 0 Å². The van der Waals surface area contributed by atoms with Crippen LogP contribution in [0, 0.1) is 10.1 Å². The van der Waals surface area contributed by atoms with E-state index >= 15 is 0 Å². The normalized spacial score (nSPS) is 10.2. The molecule has 22 heavy (non-hydrogen) atoms. The summed E-state index contributed by atoms with van der Waals surface area (Å²) >= 11 is 0. The largest absolute Gasteiger partial charge is 0.490 e. The molecule has 1 aromatic heterocycles. The van der Waals surface area contributed by atoms with Gasteiger partial charge in [-0.05, 0) is 24.6 Å². The number of rotatable bonds is 7. The van der Waals surface area contributed by atoms with Crippen molar-refractivity contribution < 1.29 is 14.5 Å². The molecule has 1 heterocycles. The summed E-state index contributed by atoms with van der Waals surface area (Å²) in [5, 5.41) is 17.7. The van der Waals surface area contributed by atoms with Crippen LogP contribution in [0.5, 0.6) is 5.75 Å². The monoisotopic (exact) mass is 304 g/mol. The van der Waals surface area contributed by atoms with Crippen LogP contribution in [-0.2, 0) is 6.54 Å². The Balaban J connectivity index is 1.91. The third-order valence-corrected chi connectivity index (χ3v) is 3.05. The lowest BCUT2D eigenvalue weighted by atomic mass is 10.1. The first kappa shape index (κ1) is 15.5. The molecule has 0 saturated heterocycles. The van der Waals surface area contributed by atoms with Gasteiger partial charge in [-0.3, -0.25) is 19.6 Å². The third kappa shape index (κ3) is 3.81. The molecule has 0 radical (unpaired) electrons. The van der Waals surface area contributed by atoms with Gasteiger partial charge in [0.05, 0.1) is 12.0 Å². The second-order valence-electron chi connectivity index (χ2n) is 4.52. The molecule has 1 N–H and O–H groups in total. The number of methoxy groups -OCH3 is 1. The maximum atomic E-state index is 12.0. The maximum Gasteiger partial charge on any atom is 0.311 e. The highest BCUT2D eigenvalue weighted by Crippen LogP contribution is 2.27. The van der Waals surface area contributed by atoms with E-state index in [-0.39, 0.29) is 22.9 Å². The Labute approximate surface area is 126 Å². The molecule has 0 fully saturated rings. The molecule has 0 saturated carbocycles. The van der Waals surface area contributed by atoms with Crippen LogP contribution in [-0.4, -0.2) is 34.3 Å². The SMILES string of the molecule is COc1ccc(C(=O)NCCCn2cccn2)cc1[N+](=O)[O-]. The quantitative estimate of drug-likeness (QED) is 0.476. The number of hydrogen-bond donors (Lipinski definition) is 1. The van der Waals surface area contributed by atoms with Crippen molar-refractivity contribution in [2.75, 3.05) is 13.7 Å². The predicted octanol–water partition coefficient (Wildman–Crippen LogP) is 1.62. The minimum atomic E-state index is -0.576. The molecule has 0 aliphatic heterocycles. The highest BCUT2D eigenvalue weighted by Gasteiger charge is 2.17. The summed E-state index contributed by atoms with van der Waals surface area (Å²) in [6.45, 7) is 1.15. The molecular weight excluding hydrogens is 288 g/mol. The molecular formula is C14H16N4O4. The summed E-state index contributed by atoms with van der Waals surface area (Å²) in [5.74, 6) is -0.230. The van der Waals surface area contributed by atoms with Gasteiger partial charge in [0, 0.05) is 37.1 Å². The Morgan fingerprint density at radius 1 is 1.50 bits per heavy atom. The molecule has 8 nitrogen and oxygen atoms in total. The number of nitrogens with zero attached hydrogens (tertiary/aromatic N) is 3. The van der Waals surface area contributed by atoms with E-state index in [1.54, 1.807) is 10.9 Å². The maximum absolute atomic E-state index is 12.0. The van der Waals surface area contributed by atoms with Crippen LogP contribution in [0.3, 0.4) is 0 Å². The lowest BCUT2D eigenvalue weighted by Gasteiger charge is -2.07. The molecule has 2 rings (SSSR count). The van der Waals surface area contributed by atoms with Crippen molar-refractivity contribution in [3.63, 3.8) is 0 Å². The molecule has 1 amide bonds. The van der Waals surface area contributed by atoms with E-state index in [0.29, 0.717) is 19.5 Å². The summed E-state index contributed by atoms with van der Waals surface area (Å²) in [5.41, 5.74) is -0.00159. The molecule has 0 unspecified atom stereocenters. The number of carbonyl (C=O) groups excluding carboxylic acids is 1. The van der Waals surface area contributed by atoms with Gasteiger partial charge in [-0.15, -0.1) is 0 Å². The first-order chi connectivity index (χ1) is 10.6. The average molecular weight is 304 g/mol. The van der Waals surface area contributed by atoms with Crippen molar-refractivity contribution in [2.45, 2.75) is 13.0 Å². The number of amides is 1. The number of nitro benzene ring substituents is 1. The van der Waals surface area contributed by atoms with Crippen LogP contribution in [0.25, 0.3) is 0 Å². The molecule has 116 valence electrons. The molecule has 0 aliphatic rings. The molecule has 0 spiro atoms. The molecule has 1 aromatic carbocycles. The van der Waals surface area contributed by atoms with Crippen LogP contribution in [0.15, 0.2) is 36.7 Å². The number of benzene rings is 1. The number of carbonyl (C=O) groups is 1. The van der Waals surface area contributed by atoms with Crippen LogP contribution in [0.4, 0.5) is 5.69 Å². The fourth-order valence-corrected chi connectivity index (χ4v) is 1.95. The first-order valence-electron chi connectivity index (χ1n) is 6.70. The molecule has 0 atom stereocenters. The fraction of sp³-hybridized carbons (Fsp3) is 0.286. The van der Waals surface area contributed by atoms with Crippen molar-refractivity contribution in [3.8, 4) is 5.75 Å². The van der Waals surface area contributed by atoms with E-state index in [9.17, 15) is 14.9 Å². The minimum Gasteiger partial charge on any atom is -0.490 e. The van der Waals surface area contributed by atoms with Gasteiger partial charge in [-0.1, -0.05) is 0 Å². The van der Waals surface area contributed by atoms with Gasteiger partial charge in [-0.2, -0.15) is 5.10 Å². The Hall–Kier alpha value is -2.90. The standard InChI is InChI=1S/C14H16N4O4/c1-22-13-5-4-11(10-12(13)18(20)21)14(19)15-6-2-8-17-9-3-7-16-17/h3-5,7,9-10H,2,6,8H2,1H3,(H,15,19). The predicted molar refractivity (Wildman–Crippen MR) is 78.8 cm³/mol. The van der Waals surface area contributed by atoms with Gasteiger partial charge >= 0.3 is 5.69 Å². The number of aryl methyl sites for hydroxylation is 1. The van der Waals surface area contributed by atoms with Gasteiger partial charge in [0.15, 0.2) is 5.75 Å². The number of nitro groups is 1. The Bertz CT molecular complexity index is 655. The zero-order valence-electron chi connectivity index (χ0n) is 12.1. The van der Waals surface area contributed by atoms with Gasteiger partial charge in [0.1, 0.15) is 0 Å². The average Bonchev–Trinajstić information content (AvgIpc) is 3.04. The van der Waals surface area contributed by atoms with Gasteiger partial charge < -0.3 is 10.1 Å². The molecule has 8 heteroatoms. The van der Waals surface area contributed by atoms with Crippen molar-refractivity contribution in [1.29, 1.82) is 0 Å². The van der Waals surface area contributed by atoms with Gasteiger partial charge in [-0.25, -0.2) is 0 Å². The van der Waals surface area contributed by atoms with Crippen molar-refractivity contribution in [1.82, 2.24) is 15.1 Å². The van der Waals surface area contributed by atoms with E-state index in [0.717, 1.165) is 0 Å². The highest BCUT2D eigenvalue weighted by atomic mass is 16.6. The Morgan fingerprint density at radius 3 is 2.95 bits per heavy atom. The Morgan fingerprint density at radius 2 is 2.32 bits per heavy atom. The van der Waals surface area contributed by atoms with E-state index in [4.69, 9.17) is 4.74 Å². The second kappa shape index (κ2) is 7.21. The zero-order valence-corrected chi connectivity index (χ0v) is 12.1. The van der Waals surface area contributed by atoms with E-state index < -0.39 is 4.92 Å². The number of nitrogens with one attached hydrogen (secondary N) is 1. The number of aromatic nitrogens is 2. The number of ether oxygens (including phenoxy) is 1. The van der Waals surface area contributed by atoms with Crippen LogP contribution in [0.1, 0.15) is 16.8 Å². The highest BCUT2D eigenvalue weighted by molar-refractivity contribution is 5.95. The van der Waals surface area contributed by atoms with Crippen LogP contribution in [0.2, 0.25) is 0 Å². The van der Waals surface area contributed by atoms with Crippen molar-refractivity contribution >= 4 is 11.6 Å². The van der Waals surface area contributed by atoms with E-state index in [1.807, 2.05) is 12.3 Å². The zero-order chi connectivity index (χ0) is 15.9. The molecule has 2 aromatic rings. The summed E-state index contributed by atoms with van der Waals surface area (Å²) in [4.78, 5) is 22.3. The van der Waals surface area contributed by atoms with E-state index in [2.05, 4.69) is 10.4 Å². The summed E-state index contributed by atoms with van der Waals surface area (Å²) < 4.78 is 6.67. The minimum absolute atomic E-state index is 0.125. The van der Waals surface area contributed by atoms with Gasteiger partial charge in [0.2, 0.25) is 0 Å². The lowest BCUT2D eigenvalue weighted by Crippen LogP contribution is -2.25. The summed E-state index contributed by atoms with van der Waals surface area (Å²) in [6.07, 6.45) is 4.25. The Kier molecular flexibility index (Phi) is 5.07. The van der Waals surface area contributed by atoms with Crippen LogP contribution < -0.4 is 10.1 Å². The van der Waals surface area contributed by atoms with Crippen molar-refractivity contribution in [2.24, 2.45) is 0 Å². The van der Waals surface area contributed by atoms with Gasteiger partial charge in [0.25, 0.3) is 5.91 Å². The smallest absolute Gasteiger partial charge is 0.311 e. The molecule has 0 aliphatic carbocycles. The second-order valence-corrected chi connectivity index (χ2v) is 4.52. The third-order valence-electron chi connectivity index (χ3n) is 3.05. The summed E-state index contributed by atoms with van der Waals surface area (Å²) in [6, 6.07) is 5.95. The topological polar surface area (TPSA) is 99.3 Å².